The Hall–Kier alpha value is -0.780. The van der Waals surface area contributed by atoms with Crippen molar-refractivity contribution in [3.8, 4) is 0 Å². The van der Waals surface area contributed by atoms with Crippen LogP contribution in [0.1, 0.15) is 12.8 Å². The lowest BCUT2D eigenvalue weighted by Crippen LogP contribution is -2.53. The fourth-order valence-corrected chi connectivity index (χ4v) is 1.26. The first-order chi connectivity index (χ1) is 6.25. The number of carbonyl (C=O) groups excluding carboxylic acids is 2. The Kier molecular flexibility index (Phi) is 4.01. The second kappa shape index (κ2) is 5.06. The lowest BCUT2D eigenvalue weighted by molar-refractivity contribution is -0.131. The van der Waals surface area contributed by atoms with E-state index in [-0.39, 0.29) is 24.7 Å². The number of hydrogen-bond acceptors (Lipinski definition) is 5. The second-order valence-corrected chi connectivity index (χ2v) is 3.00. The number of ketones is 1. The zero-order valence-corrected chi connectivity index (χ0v) is 7.44. The number of nitrogens with zero attached hydrogens (tertiary/aromatic N) is 1. The summed E-state index contributed by atoms with van der Waals surface area (Å²) in [6, 6.07) is -0.367. The predicted molar refractivity (Wildman–Crippen MR) is 45.8 cm³/mol. The largest absolute Gasteiger partial charge is 0.378 e. The highest BCUT2D eigenvalue weighted by Crippen LogP contribution is 2.05. The van der Waals surface area contributed by atoms with Gasteiger partial charge in [-0.1, -0.05) is 0 Å². The normalized spacial score (nSPS) is 24.2. The molecular formula is C8H14N2O3. The summed E-state index contributed by atoms with van der Waals surface area (Å²) in [6.07, 6.45) is 1.26. The molecule has 5 nitrogen and oxygen atoms in total. The molecule has 1 rings (SSSR count). The molecule has 1 aliphatic rings. The highest BCUT2D eigenvalue weighted by Gasteiger charge is 2.26. The van der Waals surface area contributed by atoms with Crippen LogP contribution in [0.3, 0.4) is 0 Å². The Morgan fingerprint density at radius 2 is 2.46 bits per heavy atom. The molecule has 1 aliphatic heterocycles. The quantitative estimate of drug-likeness (QED) is 0.455. The van der Waals surface area contributed by atoms with Gasteiger partial charge in [-0.2, -0.15) is 0 Å². The number of ether oxygens (including phenoxy) is 1. The minimum absolute atomic E-state index is 0.0192. The highest BCUT2D eigenvalue weighted by molar-refractivity contribution is 5.85. The van der Waals surface area contributed by atoms with E-state index in [1.54, 1.807) is 0 Å². The van der Waals surface area contributed by atoms with E-state index in [9.17, 15) is 9.59 Å². The summed E-state index contributed by atoms with van der Waals surface area (Å²) >= 11 is 0. The fourth-order valence-electron chi connectivity index (χ4n) is 1.26. The van der Waals surface area contributed by atoms with Crippen LogP contribution in [0.25, 0.3) is 0 Å². The SMILES string of the molecule is NN1CCOCC1C(=O)CCC=O. The molecule has 0 spiro atoms. The molecule has 13 heavy (non-hydrogen) atoms. The molecule has 1 atom stereocenters. The Morgan fingerprint density at radius 1 is 1.69 bits per heavy atom. The molecule has 0 saturated carbocycles. The standard InChI is InChI=1S/C8H14N2O3/c9-10-3-5-13-6-7(10)8(12)2-1-4-11/h4,7H,1-3,5-6,9H2. The van der Waals surface area contributed by atoms with E-state index in [1.807, 2.05) is 0 Å². The Bertz CT molecular complexity index is 196. The Labute approximate surface area is 76.8 Å². The van der Waals surface area contributed by atoms with E-state index >= 15 is 0 Å². The van der Waals surface area contributed by atoms with Crippen LogP contribution in [0.4, 0.5) is 0 Å². The van der Waals surface area contributed by atoms with Crippen LogP contribution in [-0.2, 0) is 14.3 Å². The second-order valence-electron chi connectivity index (χ2n) is 3.00. The van der Waals surface area contributed by atoms with Crippen LogP contribution >= 0.6 is 0 Å². The third kappa shape index (κ3) is 2.87. The predicted octanol–water partition coefficient (Wildman–Crippen LogP) is -0.891. The van der Waals surface area contributed by atoms with Crippen molar-refractivity contribution >= 4 is 12.1 Å². The molecule has 74 valence electrons. The fraction of sp³-hybridized carbons (Fsp3) is 0.750. The molecule has 0 aliphatic carbocycles. The molecule has 2 N–H and O–H groups in total. The molecule has 0 aromatic rings. The summed E-state index contributed by atoms with van der Waals surface area (Å²) in [5.74, 6) is 5.58. The van der Waals surface area contributed by atoms with Crippen LogP contribution in [0.5, 0.6) is 0 Å². The molecule has 0 aromatic carbocycles. The Balaban J connectivity index is 2.39. The molecule has 1 fully saturated rings. The van der Waals surface area contributed by atoms with Gasteiger partial charge in [0.25, 0.3) is 0 Å². The number of hydrogen-bond donors (Lipinski definition) is 1. The molecule has 0 bridgehead atoms. The van der Waals surface area contributed by atoms with Crippen molar-refractivity contribution in [1.29, 1.82) is 0 Å². The summed E-state index contributed by atoms with van der Waals surface area (Å²) in [4.78, 5) is 21.5. The van der Waals surface area contributed by atoms with Gasteiger partial charge in [0.15, 0.2) is 5.78 Å². The number of Topliss-reactive ketones (excluding diaryl/α,β-unsaturated/α-hetero) is 1. The molecule has 5 heteroatoms. The Morgan fingerprint density at radius 3 is 3.08 bits per heavy atom. The number of nitrogens with two attached hydrogens (primary N) is 1. The molecule has 1 saturated heterocycles. The molecule has 1 heterocycles. The first-order valence-electron chi connectivity index (χ1n) is 4.31. The average molecular weight is 186 g/mol. The smallest absolute Gasteiger partial charge is 0.154 e. The van der Waals surface area contributed by atoms with Gasteiger partial charge in [0.1, 0.15) is 12.3 Å². The van der Waals surface area contributed by atoms with Crippen LogP contribution in [0, 0.1) is 0 Å². The van der Waals surface area contributed by atoms with E-state index in [0.717, 1.165) is 6.29 Å². The molecule has 1 unspecified atom stereocenters. The summed E-state index contributed by atoms with van der Waals surface area (Å²) < 4.78 is 5.12. The van der Waals surface area contributed by atoms with Crippen LogP contribution in [0.2, 0.25) is 0 Å². The van der Waals surface area contributed by atoms with Gasteiger partial charge in [0, 0.05) is 19.4 Å². The summed E-state index contributed by atoms with van der Waals surface area (Å²) in [6.45, 7) is 1.47. The third-order valence-electron chi connectivity index (χ3n) is 2.05. The van der Waals surface area contributed by atoms with Gasteiger partial charge in [-0.25, -0.2) is 5.01 Å². The minimum atomic E-state index is -0.367. The van der Waals surface area contributed by atoms with Gasteiger partial charge in [-0.3, -0.25) is 10.6 Å². The van der Waals surface area contributed by atoms with Crippen LogP contribution in [0.15, 0.2) is 0 Å². The maximum absolute atomic E-state index is 11.4. The van der Waals surface area contributed by atoms with Crippen molar-refractivity contribution in [2.45, 2.75) is 18.9 Å². The number of aldehydes is 1. The summed E-state index contributed by atoms with van der Waals surface area (Å²) in [7, 11) is 0. The van der Waals surface area contributed by atoms with Crippen molar-refractivity contribution < 1.29 is 14.3 Å². The number of rotatable bonds is 4. The summed E-state index contributed by atoms with van der Waals surface area (Å²) in [5, 5.41) is 1.48. The number of morpholine rings is 1. The lowest BCUT2D eigenvalue weighted by atomic mass is 10.1. The topological polar surface area (TPSA) is 72.6 Å². The van der Waals surface area contributed by atoms with Crippen molar-refractivity contribution in [1.82, 2.24) is 5.01 Å². The maximum Gasteiger partial charge on any atom is 0.154 e. The first-order valence-corrected chi connectivity index (χ1v) is 4.31. The van der Waals surface area contributed by atoms with Gasteiger partial charge in [-0.15, -0.1) is 0 Å². The monoisotopic (exact) mass is 186 g/mol. The zero-order valence-electron chi connectivity index (χ0n) is 7.44. The van der Waals surface area contributed by atoms with Gasteiger partial charge in [0.2, 0.25) is 0 Å². The third-order valence-corrected chi connectivity index (χ3v) is 2.05. The molecule has 0 radical (unpaired) electrons. The van der Waals surface area contributed by atoms with Gasteiger partial charge >= 0.3 is 0 Å². The lowest BCUT2D eigenvalue weighted by Gasteiger charge is -2.30. The zero-order chi connectivity index (χ0) is 9.68. The van der Waals surface area contributed by atoms with Crippen molar-refractivity contribution in [2.75, 3.05) is 19.8 Å². The van der Waals surface area contributed by atoms with E-state index < -0.39 is 0 Å². The van der Waals surface area contributed by atoms with Crippen molar-refractivity contribution in [3.05, 3.63) is 0 Å². The average Bonchev–Trinajstić information content (AvgIpc) is 2.15. The van der Waals surface area contributed by atoms with Crippen molar-refractivity contribution in [3.63, 3.8) is 0 Å². The van der Waals surface area contributed by atoms with E-state index in [0.29, 0.717) is 19.8 Å². The van der Waals surface area contributed by atoms with Crippen LogP contribution < -0.4 is 5.84 Å². The van der Waals surface area contributed by atoms with Gasteiger partial charge < -0.3 is 9.53 Å². The van der Waals surface area contributed by atoms with Crippen molar-refractivity contribution in [2.24, 2.45) is 5.84 Å². The molecule has 0 aromatic heterocycles. The summed E-state index contributed by atoms with van der Waals surface area (Å²) in [5.41, 5.74) is 0. The van der Waals surface area contributed by atoms with E-state index in [1.165, 1.54) is 5.01 Å². The van der Waals surface area contributed by atoms with Gasteiger partial charge in [-0.05, 0) is 0 Å². The maximum atomic E-state index is 11.4. The van der Waals surface area contributed by atoms with Gasteiger partial charge in [0.05, 0.1) is 13.2 Å². The molecular weight excluding hydrogens is 172 g/mol. The highest BCUT2D eigenvalue weighted by atomic mass is 16.5. The first kappa shape index (κ1) is 10.3. The van der Waals surface area contributed by atoms with E-state index in [2.05, 4.69) is 0 Å². The number of hydrazine groups is 1. The number of carbonyl (C=O) groups is 2. The molecule has 0 amide bonds. The minimum Gasteiger partial charge on any atom is -0.378 e. The van der Waals surface area contributed by atoms with Crippen LogP contribution in [-0.4, -0.2) is 42.9 Å². The van der Waals surface area contributed by atoms with E-state index in [4.69, 9.17) is 10.6 Å².